The Kier molecular flexibility index (Phi) is 6.69. The lowest BCUT2D eigenvalue weighted by molar-refractivity contribution is -0.114. The maximum absolute atomic E-state index is 12.9. The van der Waals surface area contributed by atoms with Crippen molar-refractivity contribution < 1.29 is 23.0 Å². The molecule has 1 N–H and O–H groups in total. The molecule has 0 aliphatic heterocycles. The van der Waals surface area contributed by atoms with Crippen LogP contribution >= 0.6 is 0 Å². The van der Waals surface area contributed by atoms with Gasteiger partial charge in [0.1, 0.15) is 23.9 Å². The summed E-state index contributed by atoms with van der Waals surface area (Å²) in [4.78, 5) is 16.0. The molecule has 0 spiro atoms. The van der Waals surface area contributed by atoms with Gasteiger partial charge in [0, 0.05) is 24.2 Å². The number of alkyl halides is 2. The van der Waals surface area contributed by atoms with Crippen LogP contribution in [0.1, 0.15) is 23.9 Å². The van der Waals surface area contributed by atoms with E-state index in [0.717, 1.165) is 0 Å². The van der Waals surface area contributed by atoms with Gasteiger partial charge in [0.2, 0.25) is 5.91 Å². The second-order valence-electron chi connectivity index (χ2n) is 7.41. The average molecular weight is 462 g/mol. The summed E-state index contributed by atoms with van der Waals surface area (Å²) in [5.41, 5.74) is 2.86. The zero-order chi connectivity index (χ0) is 24.1. The summed E-state index contributed by atoms with van der Waals surface area (Å²) in [6.45, 7) is -1.29. The normalized spacial score (nSPS) is 10.8. The maximum Gasteiger partial charge on any atom is 0.387 e. The number of benzene rings is 3. The first-order valence-electron chi connectivity index (χ1n) is 10.4. The standard InChI is InChI=1S/C25H20F2N4O3/c1-16(32)29-19-6-4-7-20(12-19)33-15-24-30-21-10-9-17(13-28)11-22(21)31(24)14-18-5-2-3-8-23(18)34-25(26)27/h2-12,25H,14-15H2,1H3,(H,29,32). The smallest absolute Gasteiger partial charge is 0.387 e. The third-order valence-corrected chi connectivity index (χ3v) is 5.00. The SMILES string of the molecule is CC(=O)Nc1cccc(OCc2nc3ccc(C#N)cc3n2Cc2ccccc2OC(F)F)c1. The Morgan fingerprint density at radius 1 is 1.15 bits per heavy atom. The van der Waals surface area contributed by atoms with Crippen LogP contribution in [0.2, 0.25) is 0 Å². The van der Waals surface area contributed by atoms with E-state index in [2.05, 4.69) is 21.1 Å². The Hall–Kier alpha value is -4.45. The van der Waals surface area contributed by atoms with E-state index < -0.39 is 6.61 Å². The van der Waals surface area contributed by atoms with Crippen LogP contribution in [0.25, 0.3) is 11.0 Å². The first-order valence-corrected chi connectivity index (χ1v) is 10.4. The quantitative estimate of drug-likeness (QED) is 0.394. The molecule has 0 unspecified atom stereocenters. The van der Waals surface area contributed by atoms with E-state index in [1.807, 2.05) is 4.57 Å². The maximum atomic E-state index is 12.9. The van der Waals surface area contributed by atoms with Gasteiger partial charge in [0.15, 0.2) is 0 Å². The van der Waals surface area contributed by atoms with Crippen LogP contribution in [0.5, 0.6) is 11.5 Å². The molecule has 0 fully saturated rings. The van der Waals surface area contributed by atoms with Gasteiger partial charge >= 0.3 is 6.61 Å². The zero-order valence-corrected chi connectivity index (χ0v) is 18.2. The van der Waals surface area contributed by atoms with E-state index in [-0.39, 0.29) is 24.8 Å². The second kappa shape index (κ2) is 10.0. The average Bonchev–Trinajstić information content (AvgIpc) is 3.15. The largest absolute Gasteiger partial charge is 0.486 e. The van der Waals surface area contributed by atoms with Gasteiger partial charge in [0.05, 0.1) is 29.2 Å². The van der Waals surface area contributed by atoms with Gasteiger partial charge < -0.3 is 19.4 Å². The van der Waals surface area contributed by atoms with Gasteiger partial charge in [-0.2, -0.15) is 14.0 Å². The molecule has 0 bridgehead atoms. The molecule has 1 aromatic heterocycles. The Labute approximate surface area is 194 Å². The van der Waals surface area contributed by atoms with E-state index in [1.165, 1.54) is 13.0 Å². The highest BCUT2D eigenvalue weighted by Crippen LogP contribution is 2.26. The molecule has 0 atom stereocenters. The summed E-state index contributed by atoms with van der Waals surface area (Å²) >= 11 is 0. The third-order valence-electron chi connectivity index (χ3n) is 5.00. The number of amides is 1. The Morgan fingerprint density at radius 2 is 1.97 bits per heavy atom. The number of nitrogens with one attached hydrogen (secondary N) is 1. The van der Waals surface area contributed by atoms with Crippen molar-refractivity contribution in [3.63, 3.8) is 0 Å². The topological polar surface area (TPSA) is 89.2 Å². The van der Waals surface area contributed by atoms with Crippen molar-refractivity contribution in [1.29, 1.82) is 5.26 Å². The molecule has 0 aliphatic carbocycles. The molecule has 0 radical (unpaired) electrons. The molecule has 7 nitrogen and oxygen atoms in total. The number of nitriles is 1. The summed E-state index contributed by atoms with van der Waals surface area (Å²) in [6.07, 6.45) is 0. The van der Waals surface area contributed by atoms with Crippen molar-refractivity contribution >= 4 is 22.6 Å². The minimum absolute atomic E-state index is 0.0608. The number of ether oxygens (including phenoxy) is 2. The first-order chi connectivity index (χ1) is 16.4. The highest BCUT2D eigenvalue weighted by atomic mass is 19.3. The number of carbonyl (C=O) groups excluding carboxylic acids is 1. The van der Waals surface area contributed by atoms with E-state index in [1.54, 1.807) is 60.7 Å². The minimum atomic E-state index is -2.95. The van der Waals surface area contributed by atoms with E-state index in [4.69, 9.17) is 4.74 Å². The van der Waals surface area contributed by atoms with E-state index in [9.17, 15) is 18.8 Å². The first kappa shape index (κ1) is 22.7. The molecule has 4 rings (SSSR count). The summed E-state index contributed by atoms with van der Waals surface area (Å²) in [7, 11) is 0. The molecule has 34 heavy (non-hydrogen) atoms. The van der Waals surface area contributed by atoms with Gasteiger partial charge in [0.25, 0.3) is 0 Å². The number of rotatable bonds is 8. The fraction of sp³-hybridized carbons (Fsp3) is 0.160. The Balaban J connectivity index is 1.68. The van der Waals surface area contributed by atoms with Crippen molar-refractivity contribution in [2.24, 2.45) is 0 Å². The van der Waals surface area contributed by atoms with Crippen molar-refractivity contribution in [3.05, 3.63) is 83.7 Å². The highest BCUT2D eigenvalue weighted by Gasteiger charge is 2.16. The number of fused-ring (bicyclic) bond motifs is 1. The van der Waals surface area contributed by atoms with Crippen LogP contribution in [0.4, 0.5) is 14.5 Å². The number of hydrogen-bond acceptors (Lipinski definition) is 5. The van der Waals surface area contributed by atoms with Crippen LogP contribution in [-0.4, -0.2) is 22.1 Å². The molecular weight excluding hydrogens is 442 g/mol. The highest BCUT2D eigenvalue weighted by molar-refractivity contribution is 5.88. The predicted octanol–water partition coefficient (Wildman–Crippen LogP) is 5.10. The van der Waals surface area contributed by atoms with Crippen molar-refractivity contribution in [1.82, 2.24) is 9.55 Å². The van der Waals surface area contributed by atoms with Gasteiger partial charge in [-0.1, -0.05) is 24.3 Å². The lowest BCUT2D eigenvalue weighted by atomic mass is 10.2. The minimum Gasteiger partial charge on any atom is -0.486 e. The lowest BCUT2D eigenvalue weighted by Crippen LogP contribution is -2.11. The van der Waals surface area contributed by atoms with Crippen LogP contribution in [-0.2, 0) is 17.9 Å². The molecule has 0 saturated carbocycles. The summed E-state index contributed by atoms with van der Waals surface area (Å²) in [5, 5.41) is 12.0. The molecule has 1 amide bonds. The fourth-order valence-electron chi connectivity index (χ4n) is 3.56. The molecule has 4 aromatic rings. The van der Waals surface area contributed by atoms with Crippen molar-refractivity contribution in [2.75, 3.05) is 5.32 Å². The molecule has 0 aliphatic rings. The second-order valence-corrected chi connectivity index (χ2v) is 7.41. The number of halogens is 2. The summed E-state index contributed by atoms with van der Waals surface area (Å²) in [6, 6.07) is 20.6. The van der Waals surface area contributed by atoms with Crippen LogP contribution < -0.4 is 14.8 Å². The van der Waals surface area contributed by atoms with Crippen LogP contribution in [0.3, 0.4) is 0 Å². The molecule has 0 saturated heterocycles. The molecule has 1 heterocycles. The number of hydrogen-bond donors (Lipinski definition) is 1. The number of anilines is 1. The Bertz CT molecular complexity index is 1380. The predicted molar refractivity (Wildman–Crippen MR) is 122 cm³/mol. The third kappa shape index (κ3) is 5.30. The number of aromatic nitrogens is 2. The molecule has 9 heteroatoms. The zero-order valence-electron chi connectivity index (χ0n) is 18.2. The number of para-hydroxylation sites is 1. The van der Waals surface area contributed by atoms with Crippen LogP contribution in [0, 0.1) is 11.3 Å². The lowest BCUT2D eigenvalue weighted by Gasteiger charge is -2.14. The monoisotopic (exact) mass is 462 g/mol. The van der Waals surface area contributed by atoms with E-state index in [0.29, 0.717) is 39.4 Å². The summed E-state index contributed by atoms with van der Waals surface area (Å²) < 4.78 is 38.2. The Morgan fingerprint density at radius 3 is 2.74 bits per heavy atom. The number of nitrogens with zero attached hydrogens (tertiary/aromatic N) is 3. The number of imidazole rings is 1. The molecule has 3 aromatic carbocycles. The van der Waals surface area contributed by atoms with Gasteiger partial charge in [-0.05, 0) is 36.4 Å². The van der Waals surface area contributed by atoms with Gasteiger partial charge in [-0.25, -0.2) is 4.98 Å². The van der Waals surface area contributed by atoms with Gasteiger partial charge in [-0.3, -0.25) is 4.79 Å². The fourth-order valence-corrected chi connectivity index (χ4v) is 3.56. The summed E-state index contributed by atoms with van der Waals surface area (Å²) in [5.74, 6) is 0.911. The van der Waals surface area contributed by atoms with Crippen LogP contribution in [0.15, 0.2) is 66.7 Å². The van der Waals surface area contributed by atoms with Gasteiger partial charge in [-0.15, -0.1) is 0 Å². The number of carbonyl (C=O) groups is 1. The van der Waals surface area contributed by atoms with Crippen molar-refractivity contribution in [2.45, 2.75) is 26.7 Å². The van der Waals surface area contributed by atoms with E-state index >= 15 is 0 Å². The van der Waals surface area contributed by atoms with Crippen molar-refractivity contribution in [3.8, 4) is 17.6 Å². The molecule has 172 valence electrons. The molecular formula is C25H20F2N4O3.